The number of amides is 2. The molecule has 0 aromatic heterocycles. The maximum atomic E-state index is 14.0. The number of likely N-dealkylation sites (tertiary alicyclic amines) is 1. The SMILES string of the molecule is CNC(=O)[C@H]1CCCCN1C(=O)c1ccc(C(=O)O)cc1F. The molecule has 1 atom stereocenters. The largest absolute Gasteiger partial charge is 0.478 e. The van der Waals surface area contributed by atoms with E-state index in [-0.39, 0.29) is 17.0 Å². The summed E-state index contributed by atoms with van der Waals surface area (Å²) in [4.78, 5) is 36.5. The van der Waals surface area contributed by atoms with Gasteiger partial charge >= 0.3 is 5.97 Å². The number of carbonyl (C=O) groups excluding carboxylic acids is 2. The van der Waals surface area contributed by atoms with E-state index in [1.807, 2.05) is 0 Å². The lowest BCUT2D eigenvalue weighted by atomic mass is 9.99. The van der Waals surface area contributed by atoms with Crippen LogP contribution in [0.3, 0.4) is 0 Å². The van der Waals surface area contributed by atoms with E-state index in [2.05, 4.69) is 5.32 Å². The summed E-state index contributed by atoms with van der Waals surface area (Å²) >= 11 is 0. The molecule has 1 heterocycles. The Morgan fingerprint density at radius 3 is 2.64 bits per heavy atom. The standard InChI is InChI=1S/C15H17FN2O4/c1-17-13(19)12-4-2-3-7-18(12)14(20)10-6-5-9(15(21)22)8-11(10)16/h5-6,8,12H,2-4,7H2,1H3,(H,17,19)(H,21,22)/t12-/m1/s1. The molecular formula is C15H17FN2O4. The highest BCUT2D eigenvalue weighted by Gasteiger charge is 2.33. The number of carboxylic acids is 1. The topological polar surface area (TPSA) is 86.7 Å². The third-order valence-electron chi connectivity index (χ3n) is 3.76. The second kappa shape index (κ2) is 6.55. The Bertz CT molecular complexity index is 618. The van der Waals surface area contributed by atoms with E-state index in [9.17, 15) is 18.8 Å². The molecule has 1 saturated heterocycles. The van der Waals surface area contributed by atoms with Gasteiger partial charge in [0.25, 0.3) is 5.91 Å². The number of carbonyl (C=O) groups is 3. The molecule has 1 aliphatic rings. The molecule has 6 nitrogen and oxygen atoms in total. The van der Waals surface area contributed by atoms with Crippen molar-refractivity contribution >= 4 is 17.8 Å². The molecule has 2 rings (SSSR count). The third kappa shape index (κ3) is 3.08. The summed E-state index contributed by atoms with van der Waals surface area (Å²) in [5, 5.41) is 11.3. The van der Waals surface area contributed by atoms with Crippen LogP contribution in [0.5, 0.6) is 0 Å². The molecule has 22 heavy (non-hydrogen) atoms. The van der Waals surface area contributed by atoms with Crippen LogP contribution in [0.15, 0.2) is 18.2 Å². The van der Waals surface area contributed by atoms with Crippen LogP contribution in [0.1, 0.15) is 40.0 Å². The van der Waals surface area contributed by atoms with Crippen molar-refractivity contribution in [2.45, 2.75) is 25.3 Å². The molecule has 0 aliphatic carbocycles. The molecule has 2 amide bonds. The minimum atomic E-state index is -1.26. The second-order valence-corrected chi connectivity index (χ2v) is 5.12. The number of likely N-dealkylation sites (N-methyl/N-ethyl adjacent to an activating group) is 1. The Morgan fingerprint density at radius 2 is 2.05 bits per heavy atom. The summed E-state index contributed by atoms with van der Waals surface area (Å²) in [6, 6.07) is 2.52. The number of hydrogen-bond donors (Lipinski definition) is 2. The molecule has 0 saturated carbocycles. The van der Waals surface area contributed by atoms with Crippen molar-refractivity contribution in [2.24, 2.45) is 0 Å². The van der Waals surface area contributed by atoms with Crippen LogP contribution in [-0.4, -0.2) is 47.4 Å². The Kier molecular flexibility index (Phi) is 4.75. The molecule has 0 unspecified atom stereocenters. The lowest BCUT2D eigenvalue weighted by molar-refractivity contribution is -0.126. The van der Waals surface area contributed by atoms with Crippen molar-refractivity contribution < 1.29 is 23.9 Å². The lowest BCUT2D eigenvalue weighted by Crippen LogP contribution is -2.51. The van der Waals surface area contributed by atoms with Crippen LogP contribution in [0.2, 0.25) is 0 Å². The first-order chi connectivity index (χ1) is 10.5. The van der Waals surface area contributed by atoms with Crippen LogP contribution in [0, 0.1) is 5.82 Å². The smallest absolute Gasteiger partial charge is 0.335 e. The van der Waals surface area contributed by atoms with Crippen LogP contribution in [0.4, 0.5) is 4.39 Å². The zero-order valence-corrected chi connectivity index (χ0v) is 12.1. The highest BCUT2D eigenvalue weighted by atomic mass is 19.1. The highest BCUT2D eigenvalue weighted by molar-refractivity contribution is 5.99. The van der Waals surface area contributed by atoms with Gasteiger partial charge in [-0.15, -0.1) is 0 Å². The van der Waals surface area contributed by atoms with Gasteiger partial charge in [0, 0.05) is 13.6 Å². The van der Waals surface area contributed by atoms with Gasteiger partial charge in [0.15, 0.2) is 0 Å². The minimum absolute atomic E-state index is 0.221. The van der Waals surface area contributed by atoms with E-state index in [0.29, 0.717) is 13.0 Å². The zero-order chi connectivity index (χ0) is 16.3. The van der Waals surface area contributed by atoms with E-state index >= 15 is 0 Å². The number of halogens is 1. The first kappa shape index (κ1) is 15.9. The Labute approximate surface area is 126 Å². The maximum Gasteiger partial charge on any atom is 0.335 e. The summed E-state index contributed by atoms with van der Waals surface area (Å²) < 4.78 is 14.0. The first-order valence-corrected chi connectivity index (χ1v) is 7.01. The van der Waals surface area contributed by atoms with Crippen molar-refractivity contribution in [1.29, 1.82) is 0 Å². The molecule has 1 aliphatic heterocycles. The van der Waals surface area contributed by atoms with Gasteiger partial charge in [-0.3, -0.25) is 9.59 Å². The van der Waals surface area contributed by atoms with E-state index < -0.39 is 23.7 Å². The first-order valence-electron chi connectivity index (χ1n) is 7.01. The van der Waals surface area contributed by atoms with Crippen molar-refractivity contribution in [3.63, 3.8) is 0 Å². The van der Waals surface area contributed by atoms with E-state index in [4.69, 9.17) is 5.11 Å². The number of piperidine rings is 1. The monoisotopic (exact) mass is 308 g/mol. The number of nitrogens with one attached hydrogen (secondary N) is 1. The quantitative estimate of drug-likeness (QED) is 0.880. The fourth-order valence-corrected chi connectivity index (χ4v) is 2.59. The summed E-state index contributed by atoms with van der Waals surface area (Å²) in [5.41, 5.74) is -0.448. The molecule has 7 heteroatoms. The van der Waals surface area contributed by atoms with E-state index in [1.165, 1.54) is 18.0 Å². The lowest BCUT2D eigenvalue weighted by Gasteiger charge is -2.34. The number of nitrogens with zero attached hydrogens (tertiary/aromatic N) is 1. The summed E-state index contributed by atoms with van der Waals surface area (Å²) in [5.74, 6) is -3.04. The van der Waals surface area contributed by atoms with E-state index in [1.54, 1.807) is 0 Å². The molecular weight excluding hydrogens is 291 g/mol. The summed E-state index contributed by atoms with van der Waals surface area (Å²) in [6.07, 6.45) is 2.09. The third-order valence-corrected chi connectivity index (χ3v) is 3.76. The summed E-state index contributed by atoms with van der Waals surface area (Å²) in [6.45, 7) is 0.372. The molecule has 2 N–H and O–H groups in total. The molecule has 118 valence electrons. The van der Waals surface area contributed by atoms with Gasteiger partial charge in [0.2, 0.25) is 5.91 Å². The second-order valence-electron chi connectivity index (χ2n) is 5.12. The number of aromatic carboxylic acids is 1. The molecule has 1 fully saturated rings. The van der Waals surface area contributed by atoms with Crippen LogP contribution in [-0.2, 0) is 4.79 Å². The highest BCUT2D eigenvalue weighted by Crippen LogP contribution is 2.21. The van der Waals surface area contributed by atoms with Crippen molar-refractivity contribution in [1.82, 2.24) is 10.2 Å². The van der Waals surface area contributed by atoms with Crippen LogP contribution in [0.25, 0.3) is 0 Å². The maximum absolute atomic E-state index is 14.0. The van der Waals surface area contributed by atoms with E-state index in [0.717, 1.165) is 25.0 Å². The van der Waals surface area contributed by atoms with Gasteiger partial charge in [0.05, 0.1) is 11.1 Å². The predicted octanol–water partition coefficient (Wildman–Crippen LogP) is 1.26. The molecule has 1 aromatic rings. The number of hydrogen-bond acceptors (Lipinski definition) is 3. The van der Waals surface area contributed by atoms with Gasteiger partial charge in [-0.25, -0.2) is 9.18 Å². The predicted molar refractivity (Wildman–Crippen MR) is 76.1 cm³/mol. The van der Waals surface area contributed by atoms with Crippen molar-refractivity contribution in [2.75, 3.05) is 13.6 Å². The fraction of sp³-hybridized carbons (Fsp3) is 0.400. The summed E-state index contributed by atoms with van der Waals surface area (Å²) in [7, 11) is 1.49. The fourth-order valence-electron chi connectivity index (χ4n) is 2.59. The average molecular weight is 308 g/mol. The normalized spacial score (nSPS) is 17.9. The van der Waals surface area contributed by atoms with Gasteiger partial charge in [-0.2, -0.15) is 0 Å². The van der Waals surface area contributed by atoms with Crippen LogP contribution < -0.4 is 5.32 Å². The Morgan fingerprint density at radius 1 is 1.32 bits per heavy atom. The minimum Gasteiger partial charge on any atom is -0.478 e. The molecule has 0 radical (unpaired) electrons. The molecule has 0 spiro atoms. The van der Waals surface area contributed by atoms with Gasteiger partial charge < -0.3 is 15.3 Å². The van der Waals surface area contributed by atoms with Crippen molar-refractivity contribution in [3.8, 4) is 0 Å². The van der Waals surface area contributed by atoms with Gasteiger partial charge in [-0.05, 0) is 37.5 Å². The van der Waals surface area contributed by atoms with Gasteiger partial charge in [0.1, 0.15) is 11.9 Å². The zero-order valence-electron chi connectivity index (χ0n) is 12.1. The number of carboxylic acid groups (broad SMARTS) is 1. The van der Waals surface area contributed by atoms with Crippen molar-refractivity contribution in [3.05, 3.63) is 35.1 Å². The average Bonchev–Trinajstić information content (AvgIpc) is 2.53. The Hall–Kier alpha value is -2.44. The Balaban J connectivity index is 2.29. The van der Waals surface area contributed by atoms with Gasteiger partial charge in [-0.1, -0.05) is 0 Å². The number of rotatable bonds is 3. The van der Waals surface area contributed by atoms with Crippen LogP contribution >= 0.6 is 0 Å². The molecule has 0 bridgehead atoms. The number of benzene rings is 1. The molecule has 1 aromatic carbocycles.